The van der Waals surface area contributed by atoms with E-state index in [2.05, 4.69) is 0 Å². The molecule has 0 aliphatic heterocycles. The number of carboxylic acid groups (broad SMARTS) is 1. The molecule has 7 heteroatoms. The summed E-state index contributed by atoms with van der Waals surface area (Å²) in [7, 11) is 0. The topological polar surface area (TPSA) is 94.8 Å². The molecule has 3 saturated carbocycles. The van der Waals surface area contributed by atoms with E-state index < -0.39 is 64.4 Å². The number of carbonyl (C=O) groups excluding carboxylic acids is 1. The predicted octanol–water partition coefficient (Wildman–Crippen LogP) is 2.22. The Morgan fingerprint density at radius 1 is 1.29 bits per heavy atom. The second kappa shape index (κ2) is 5.72. The lowest BCUT2D eigenvalue weighted by atomic mass is 9.44. The maximum absolute atomic E-state index is 16.8. The first-order valence-electron chi connectivity index (χ1n) is 9.76. The van der Waals surface area contributed by atoms with Gasteiger partial charge in [0.2, 0.25) is 0 Å². The Bertz CT molecular complexity index is 809. The van der Waals surface area contributed by atoms with Gasteiger partial charge in [0.15, 0.2) is 11.5 Å². The molecule has 3 fully saturated rings. The first-order valence-corrected chi connectivity index (χ1v) is 9.76. The van der Waals surface area contributed by atoms with Crippen molar-refractivity contribution in [3.63, 3.8) is 0 Å². The van der Waals surface area contributed by atoms with Gasteiger partial charge in [-0.2, -0.15) is 0 Å². The number of hydrogen-bond donors (Lipinski definition) is 3. The number of rotatable bonds is 1. The highest BCUT2D eigenvalue weighted by Crippen LogP contribution is 2.69. The van der Waals surface area contributed by atoms with E-state index in [1.54, 1.807) is 13.8 Å². The Hall–Kier alpha value is -1.60. The van der Waals surface area contributed by atoms with Gasteiger partial charge in [0.25, 0.3) is 0 Å². The van der Waals surface area contributed by atoms with Crippen LogP contribution in [-0.4, -0.2) is 51.1 Å². The smallest absolute Gasteiger partial charge is 0.307 e. The summed E-state index contributed by atoms with van der Waals surface area (Å²) in [5.74, 6) is -4.48. The van der Waals surface area contributed by atoms with Crippen LogP contribution in [0.3, 0.4) is 0 Å². The Morgan fingerprint density at radius 2 is 1.93 bits per heavy atom. The molecule has 0 heterocycles. The molecule has 0 aromatic heterocycles. The monoisotopic (exact) mass is 396 g/mol. The van der Waals surface area contributed by atoms with Crippen LogP contribution in [0.1, 0.15) is 33.6 Å². The van der Waals surface area contributed by atoms with Gasteiger partial charge in [0, 0.05) is 11.3 Å². The molecule has 28 heavy (non-hydrogen) atoms. The highest BCUT2D eigenvalue weighted by atomic mass is 19.1. The molecule has 0 unspecified atom stereocenters. The van der Waals surface area contributed by atoms with E-state index >= 15 is 8.78 Å². The van der Waals surface area contributed by atoms with Crippen molar-refractivity contribution < 1.29 is 33.7 Å². The number of halogens is 2. The van der Waals surface area contributed by atoms with E-state index in [0.29, 0.717) is 6.42 Å². The molecule has 0 spiro atoms. The van der Waals surface area contributed by atoms with Crippen molar-refractivity contribution in [2.75, 3.05) is 0 Å². The molecule has 0 radical (unpaired) electrons. The largest absolute Gasteiger partial charge is 0.481 e. The Labute approximate surface area is 162 Å². The SMILES string of the molecule is C[C@@H]1C[C@H]2[C@@H]3[C@H](O)[C@H](F)C4=CC(=O)C=C[C@]4(C)[C@@]3(F)[C@@H](O)C[C@]2(C)[C@H]1C(=O)O. The molecule has 4 aliphatic carbocycles. The van der Waals surface area contributed by atoms with Crippen molar-refractivity contribution in [3.05, 3.63) is 23.8 Å². The van der Waals surface area contributed by atoms with Gasteiger partial charge in [-0.15, -0.1) is 0 Å². The molecule has 0 aromatic rings. The summed E-state index contributed by atoms with van der Waals surface area (Å²) in [6.45, 7) is 4.92. The van der Waals surface area contributed by atoms with Gasteiger partial charge in [-0.1, -0.05) is 19.9 Å². The number of alkyl halides is 2. The second-order valence-electron chi connectivity index (χ2n) is 9.59. The summed E-state index contributed by atoms with van der Waals surface area (Å²) >= 11 is 0. The Balaban J connectivity index is 1.91. The highest BCUT2D eigenvalue weighted by molar-refractivity contribution is 6.01. The number of carbonyl (C=O) groups is 2. The first-order chi connectivity index (χ1) is 12.9. The average molecular weight is 396 g/mol. The van der Waals surface area contributed by atoms with Crippen LogP contribution in [0, 0.1) is 34.5 Å². The summed E-state index contributed by atoms with van der Waals surface area (Å²) in [6, 6.07) is 0. The van der Waals surface area contributed by atoms with Crippen molar-refractivity contribution in [2.24, 2.45) is 34.5 Å². The van der Waals surface area contributed by atoms with Crippen molar-refractivity contribution in [1.82, 2.24) is 0 Å². The minimum Gasteiger partial charge on any atom is -0.481 e. The summed E-state index contributed by atoms with van der Waals surface area (Å²) in [5, 5.41) is 31.6. The summed E-state index contributed by atoms with van der Waals surface area (Å²) in [6.07, 6.45) is -1.59. The van der Waals surface area contributed by atoms with Crippen molar-refractivity contribution in [2.45, 2.75) is 57.7 Å². The molecule has 10 atom stereocenters. The van der Waals surface area contributed by atoms with Crippen LogP contribution in [0.25, 0.3) is 0 Å². The van der Waals surface area contributed by atoms with E-state index in [0.717, 1.165) is 6.08 Å². The number of aliphatic hydroxyl groups excluding tert-OH is 2. The molecule has 4 rings (SSSR count). The molecule has 0 saturated heterocycles. The van der Waals surface area contributed by atoms with E-state index in [-0.39, 0.29) is 17.9 Å². The van der Waals surface area contributed by atoms with Crippen LogP contribution in [-0.2, 0) is 9.59 Å². The lowest BCUT2D eigenvalue weighted by Gasteiger charge is -2.63. The van der Waals surface area contributed by atoms with Crippen molar-refractivity contribution >= 4 is 11.8 Å². The Kier molecular flexibility index (Phi) is 4.03. The van der Waals surface area contributed by atoms with Crippen LogP contribution in [0.15, 0.2) is 23.8 Å². The van der Waals surface area contributed by atoms with Crippen LogP contribution < -0.4 is 0 Å². The average Bonchev–Trinajstić information content (AvgIpc) is 2.85. The number of allylic oxidation sites excluding steroid dienone is 3. The summed E-state index contributed by atoms with van der Waals surface area (Å²) < 4.78 is 32.1. The van der Waals surface area contributed by atoms with Crippen LogP contribution in [0.4, 0.5) is 8.78 Å². The van der Waals surface area contributed by atoms with E-state index in [1.165, 1.54) is 19.1 Å². The van der Waals surface area contributed by atoms with E-state index in [9.17, 15) is 24.9 Å². The van der Waals surface area contributed by atoms with Crippen LogP contribution >= 0.6 is 0 Å². The minimum atomic E-state index is -2.41. The molecule has 5 nitrogen and oxygen atoms in total. The van der Waals surface area contributed by atoms with Gasteiger partial charge in [-0.3, -0.25) is 9.59 Å². The van der Waals surface area contributed by atoms with E-state index in [1.807, 2.05) is 0 Å². The van der Waals surface area contributed by atoms with Gasteiger partial charge in [0.05, 0.1) is 18.1 Å². The predicted molar refractivity (Wildman–Crippen MR) is 95.7 cm³/mol. The third-order valence-corrected chi connectivity index (χ3v) is 8.29. The number of ketones is 1. The quantitative estimate of drug-likeness (QED) is 0.632. The van der Waals surface area contributed by atoms with Crippen LogP contribution in [0.2, 0.25) is 0 Å². The lowest BCUT2D eigenvalue weighted by Crippen LogP contribution is -2.72. The number of aliphatic hydroxyl groups is 2. The Morgan fingerprint density at radius 3 is 2.54 bits per heavy atom. The van der Waals surface area contributed by atoms with Crippen molar-refractivity contribution in [1.29, 1.82) is 0 Å². The molecule has 3 N–H and O–H groups in total. The molecule has 154 valence electrons. The second-order valence-corrected chi connectivity index (χ2v) is 9.59. The molecular formula is C21H26F2O5. The molecular weight excluding hydrogens is 370 g/mol. The van der Waals surface area contributed by atoms with Gasteiger partial charge in [0.1, 0.15) is 6.17 Å². The number of carboxylic acids is 1. The van der Waals surface area contributed by atoms with Gasteiger partial charge >= 0.3 is 5.97 Å². The molecule has 4 aliphatic rings. The van der Waals surface area contributed by atoms with Gasteiger partial charge in [-0.25, -0.2) is 8.78 Å². The van der Waals surface area contributed by atoms with Crippen LogP contribution in [0.5, 0.6) is 0 Å². The van der Waals surface area contributed by atoms with E-state index in [4.69, 9.17) is 0 Å². The fourth-order valence-corrected chi connectivity index (χ4v) is 7.08. The zero-order chi connectivity index (χ0) is 20.8. The zero-order valence-corrected chi connectivity index (χ0v) is 16.1. The highest BCUT2D eigenvalue weighted by Gasteiger charge is 2.75. The number of hydrogen-bond acceptors (Lipinski definition) is 4. The standard InChI is InChI=1S/C21H26F2O5/c1-9-6-11-15-17(26)16(22)12-7-10(24)4-5-20(12,3)21(15,23)13(25)8-19(11,2)14(9)18(27)28/h4-5,7,9,11,13-17,25-26H,6,8H2,1-3H3,(H,27,28)/t9-,11+,13+,14-,15-,16-,17+,19+,20+,21-/m1/s1. The third-order valence-electron chi connectivity index (χ3n) is 8.29. The summed E-state index contributed by atoms with van der Waals surface area (Å²) in [4.78, 5) is 23.7. The van der Waals surface area contributed by atoms with Gasteiger partial charge < -0.3 is 15.3 Å². The maximum atomic E-state index is 16.8. The molecule has 0 amide bonds. The number of fused-ring (bicyclic) bond motifs is 5. The third kappa shape index (κ3) is 2.07. The fraction of sp³-hybridized carbons (Fsp3) is 0.714. The fourth-order valence-electron chi connectivity index (χ4n) is 7.08. The minimum absolute atomic E-state index is 0.0969. The zero-order valence-electron chi connectivity index (χ0n) is 16.1. The number of aliphatic carboxylic acids is 1. The maximum Gasteiger partial charge on any atom is 0.307 e. The normalized spacial score (nSPS) is 55.2. The first kappa shape index (κ1) is 19.7. The van der Waals surface area contributed by atoms with Crippen molar-refractivity contribution in [3.8, 4) is 0 Å². The van der Waals surface area contributed by atoms with Gasteiger partial charge in [-0.05, 0) is 54.7 Å². The molecule has 0 aromatic carbocycles. The summed E-state index contributed by atoms with van der Waals surface area (Å²) in [5.41, 5.74) is -5.11. The molecule has 0 bridgehead atoms. The lowest BCUT2D eigenvalue weighted by molar-refractivity contribution is -0.233.